The molecule has 136 valence electrons. The van der Waals surface area contributed by atoms with Gasteiger partial charge < -0.3 is 19.7 Å². The zero-order valence-electron chi connectivity index (χ0n) is 14.3. The molecule has 0 unspecified atom stereocenters. The molecule has 26 heavy (non-hydrogen) atoms. The number of nitrogens with one attached hydrogen (secondary N) is 1. The van der Waals surface area contributed by atoms with Crippen molar-refractivity contribution < 1.29 is 14.3 Å². The van der Waals surface area contributed by atoms with Gasteiger partial charge in [0.15, 0.2) is 5.79 Å². The van der Waals surface area contributed by atoms with Crippen LogP contribution in [0.5, 0.6) is 0 Å². The van der Waals surface area contributed by atoms with Gasteiger partial charge in [0, 0.05) is 42.8 Å². The number of nitrogens with zero attached hydrogens (tertiary/aromatic N) is 2. The Kier molecular flexibility index (Phi) is 4.80. The molecule has 0 radical (unpaired) electrons. The third-order valence-corrected chi connectivity index (χ3v) is 5.01. The number of rotatable bonds is 3. The van der Waals surface area contributed by atoms with E-state index >= 15 is 0 Å². The molecule has 4 rings (SSSR count). The zero-order valence-corrected chi connectivity index (χ0v) is 15.0. The lowest BCUT2D eigenvalue weighted by Crippen LogP contribution is -2.47. The first-order valence-corrected chi connectivity index (χ1v) is 9.07. The Morgan fingerprint density at radius 1 is 1.08 bits per heavy atom. The predicted octanol–water partition coefficient (Wildman–Crippen LogP) is 3.46. The van der Waals surface area contributed by atoms with Gasteiger partial charge in [0.25, 0.3) is 5.91 Å². The maximum atomic E-state index is 12.7. The topological polar surface area (TPSA) is 63.7 Å². The number of pyridine rings is 1. The molecule has 0 bridgehead atoms. The summed E-state index contributed by atoms with van der Waals surface area (Å²) in [6.07, 6.45) is 3.03. The highest BCUT2D eigenvalue weighted by atomic mass is 35.5. The van der Waals surface area contributed by atoms with Crippen LogP contribution in [0.25, 0.3) is 0 Å². The van der Waals surface area contributed by atoms with Crippen molar-refractivity contribution in [2.75, 3.05) is 31.6 Å². The molecule has 1 N–H and O–H groups in total. The van der Waals surface area contributed by atoms with Gasteiger partial charge in [-0.1, -0.05) is 11.6 Å². The van der Waals surface area contributed by atoms with Crippen molar-refractivity contribution in [3.63, 3.8) is 0 Å². The quantitative estimate of drug-likeness (QED) is 0.892. The number of amides is 1. The first-order chi connectivity index (χ1) is 12.6. The lowest BCUT2D eigenvalue weighted by molar-refractivity contribution is -0.181. The number of benzene rings is 1. The molecule has 0 aliphatic carbocycles. The smallest absolute Gasteiger partial charge is 0.255 e. The molecule has 2 fully saturated rings. The van der Waals surface area contributed by atoms with Crippen LogP contribution in [0.4, 0.5) is 11.5 Å². The fourth-order valence-corrected chi connectivity index (χ4v) is 3.42. The molecule has 3 heterocycles. The summed E-state index contributed by atoms with van der Waals surface area (Å²) >= 11 is 5.88. The van der Waals surface area contributed by atoms with Gasteiger partial charge >= 0.3 is 0 Å². The van der Waals surface area contributed by atoms with Crippen LogP contribution >= 0.6 is 11.6 Å². The number of anilines is 2. The van der Waals surface area contributed by atoms with Gasteiger partial charge in [0.2, 0.25) is 0 Å². The molecular weight excluding hydrogens is 354 g/mol. The molecule has 1 aromatic carbocycles. The molecule has 2 saturated heterocycles. The van der Waals surface area contributed by atoms with Crippen LogP contribution in [0.3, 0.4) is 0 Å². The van der Waals surface area contributed by atoms with Crippen molar-refractivity contribution in [2.24, 2.45) is 0 Å². The Hall–Kier alpha value is -2.15. The Balaban J connectivity index is 1.37. The number of likely N-dealkylation sites (tertiary alicyclic amines) is 1. The summed E-state index contributed by atoms with van der Waals surface area (Å²) in [5.41, 5.74) is 1.47. The van der Waals surface area contributed by atoms with Crippen LogP contribution < -0.4 is 5.32 Å². The van der Waals surface area contributed by atoms with E-state index < -0.39 is 5.79 Å². The van der Waals surface area contributed by atoms with Gasteiger partial charge in [-0.15, -0.1) is 0 Å². The number of piperidine rings is 1. The Bertz CT molecular complexity index is 764. The first kappa shape index (κ1) is 17.3. The molecule has 6 nitrogen and oxygen atoms in total. The van der Waals surface area contributed by atoms with E-state index in [2.05, 4.69) is 10.3 Å². The highest BCUT2D eigenvalue weighted by Gasteiger charge is 2.40. The fourth-order valence-electron chi connectivity index (χ4n) is 3.29. The van der Waals surface area contributed by atoms with Crippen molar-refractivity contribution >= 4 is 29.0 Å². The second kappa shape index (κ2) is 7.23. The standard InChI is InChI=1S/C19H20ClN3O3/c20-15-2-4-16(5-3-15)22-17-6-1-14(13-21-17)18(24)23-9-7-19(8-10-23)25-11-12-26-19/h1-6,13H,7-12H2,(H,21,22). The van der Waals surface area contributed by atoms with Crippen LogP contribution in [-0.4, -0.2) is 47.9 Å². The van der Waals surface area contributed by atoms with Gasteiger partial charge in [0.05, 0.1) is 18.8 Å². The van der Waals surface area contributed by atoms with Crippen LogP contribution in [0.15, 0.2) is 42.6 Å². The molecule has 0 atom stereocenters. The van der Waals surface area contributed by atoms with Gasteiger partial charge in [-0.25, -0.2) is 4.98 Å². The second-order valence-electron chi connectivity index (χ2n) is 6.46. The highest BCUT2D eigenvalue weighted by Crippen LogP contribution is 2.31. The minimum absolute atomic E-state index is 0.0108. The first-order valence-electron chi connectivity index (χ1n) is 8.69. The molecule has 0 saturated carbocycles. The molecular formula is C19H20ClN3O3. The fraction of sp³-hybridized carbons (Fsp3) is 0.368. The summed E-state index contributed by atoms with van der Waals surface area (Å²) in [5, 5.41) is 3.86. The number of halogens is 1. The van der Waals surface area contributed by atoms with E-state index in [4.69, 9.17) is 21.1 Å². The van der Waals surface area contributed by atoms with Crippen LogP contribution in [0.1, 0.15) is 23.2 Å². The van der Waals surface area contributed by atoms with E-state index in [0.717, 1.165) is 5.69 Å². The summed E-state index contributed by atoms with van der Waals surface area (Å²) in [6.45, 7) is 2.53. The third kappa shape index (κ3) is 3.67. The molecule has 1 aromatic heterocycles. The molecule has 2 aliphatic rings. The van der Waals surface area contributed by atoms with E-state index in [9.17, 15) is 4.79 Å². The minimum Gasteiger partial charge on any atom is -0.347 e. The molecule has 1 spiro atoms. The summed E-state index contributed by atoms with van der Waals surface area (Å²) in [6, 6.07) is 11.0. The molecule has 7 heteroatoms. The Labute approximate surface area is 157 Å². The lowest BCUT2D eigenvalue weighted by Gasteiger charge is -2.37. The Morgan fingerprint density at radius 2 is 1.77 bits per heavy atom. The Morgan fingerprint density at radius 3 is 2.38 bits per heavy atom. The number of ether oxygens (including phenoxy) is 2. The predicted molar refractivity (Wildman–Crippen MR) is 98.7 cm³/mol. The molecule has 1 amide bonds. The van der Waals surface area contributed by atoms with Crippen LogP contribution in [0.2, 0.25) is 5.02 Å². The normalized spacial score (nSPS) is 18.9. The van der Waals surface area contributed by atoms with Gasteiger partial charge in [0.1, 0.15) is 5.82 Å². The number of hydrogen-bond donors (Lipinski definition) is 1. The summed E-state index contributed by atoms with van der Waals surface area (Å²) in [7, 11) is 0. The number of carbonyl (C=O) groups excluding carboxylic acids is 1. The summed E-state index contributed by atoms with van der Waals surface area (Å²) in [5.74, 6) is 0.194. The summed E-state index contributed by atoms with van der Waals surface area (Å²) in [4.78, 5) is 18.9. The maximum absolute atomic E-state index is 12.7. The third-order valence-electron chi connectivity index (χ3n) is 4.75. The summed E-state index contributed by atoms with van der Waals surface area (Å²) < 4.78 is 11.4. The van der Waals surface area contributed by atoms with E-state index in [1.165, 1.54) is 0 Å². The maximum Gasteiger partial charge on any atom is 0.255 e. The van der Waals surface area contributed by atoms with E-state index in [1.54, 1.807) is 18.3 Å². The van der Waals surface area contributed by atoms with Crippen molar-refractivity contribution in [1.82, 2.24) is 9.88 Å². The van der Waals surface area contributed by atoms with Gasteiger partial charge in [-0.05, 0) is 36.4 Å². The van der Waals surface area contributed by atoms with Crippen LogP contribution in [0, 0.1) is 0 Å². The second-order valence-corrected chi connectivity index (χ2v) is 6.90. The van der Waals surface area contributed by atoms with Crippen molar-refractivity contribution in [2.45, 2.75) is 18.6 Å². The average Bonchev–Trinajstić information content (AvgIpc) is 3.12. The van der Waals surface area contributed by atoms with E-state index in [1.807, 2.05) is 29.2 Å². The van der Waals surface area contributed by atoms with Crippen molar-refractivity contribution in [3.05, 3.63) is 53.2 Å². The minimum atomic E-state index is -0.471. The van der Waals surface area contributed by atoms with Crippen molar-refractivity contribution in [3.8, 4) is 0 Å². The number of hydrogen-bond acceptors (Lipinski definition) is 5. The van der Waals surface area contributed by atoms with E-state index in [0.29, 0.717) is 55.5 Å². The zero-order chi connectivity index (χ0) is 18.0. The SMILES string of the molecule is O=C(c1ccc(Nc2ccc(Cl)cc2)nc1)N1CCC2(CC1)OCCO2. The van der Waals surface area contributed by atoms with Crippen LogP contribution in [-0.2, 0) is 9.47 Å². The number of carbonyl (C=O) groups is 1. The molecule has 2 aromatic rings. The van der Waals surface area contributed by atoms with E-state index in [-0.39, 0.29) is 5.91 Å². The average molecular weight is 374 g/mol. The monoisotopic (exact) mass is 373 g/mol. The van der Waals surface area contributed by atoms with Crippen molar-refractivity contribution in [1.29, 1.82) is 0 Å². The van der Waals surface area contributed by atoms with Gasteiger partial charge in [-0.2, -0.15) is 0 Å². The number of aromatic nitrogens is 1. The highest BCUT2D eigenvalue weighted by molar-refractivity contribution is 6.30. The molecule has 2 aliphatic heterocycles. The largest absolute Gasteiger partial charge is 0.347 e. The lowest BCUT2D eigenvalue weighted by atomic mass is 10.0. The van der Waals surface area contributed by atoms with Gasteiger partial charge in [-0.3, -0.25) is 4.79 Å².